The second kappa shape index (κ2) is 8.70. The fourth-order valence-corrected chi connectivity index (χ4v) is 3.37. The summed E-state index contributed by atoms with van der Waals surface area (Å²) in [5.74, 6) is 0.287. The molecule has 29 heavy (non-hydrogen) atoms. The lowest BCUT2D eigenvalue weighted by Crippen LogP contribution is -2.52. The van der Waals surface area contributed by atoms with Crippen molar-refractivity contribution < 1.29 is 14.4 Å². The van der Waals surface area contributed by atoms with E-state index in [9.17, 15) is 9.90 Å². The van der Waals surface area contributed by atoms with E-state index in [1.54, 1.807) is 11.0 Å². The van der Waals surface area contributed by atoms with E-state index in [-0.39, 0.29) is 11.9 Å². The van der Waals surface area contributed by atoms with Crippen LogP contribution in [0.25, 0.3) is 17.5 Å². The number of anilines is 1. The molecule has 1 saturated heterocycles. The van der Waals surface area contributed by atoms with Crippen molar-refractivity contribution >= 4 is 18.0 Å². The van der Waals surface area contributed by atoms with E-state index in [1.807, 2.05) is 60.7 Å². The zero-order valence-corrected chi connectivity index (χ0v) is 15.8. The highest BCUT2D eigenvalue weighted by molar-refractivity contribution is 5.91. The molecule has 2 N–H and O–H groups in total. The monoisotopic (exact) mass is 390 g/mol. The Kier molecular flexibility index (Phi) is 5.67. The standard InChI is InChI=1S/C22H22N4O3/c27-19-13-18(23-20(28)12-11-16-7-3-1-4-8-16)14-26(15-19)22-24-21(25-29-22)17-9-5-2-6-10-17/h1-12,18-19,27H,13-15H2,(H,23,28)/t18-,19+/m0/s1. The van der Waals surface area contributed by atoms with Crippen LogP contribution in [0, 0.1) is 0 Å². The van der Waals surface area contributed by atoms with Crippen molar-refractivity contribution in [3.63, 3.8) is 0 Å². The van der Waals surface area contributed by atoms with Gasteiger partial charge in [-0.3, -0.25) is 4.79 Å². The summed E-state index contributed by atoms with van der Waals surface area (Å²) in [5, 5.41) is 17.2. The Balaban J connectivity index is 1.40. The Morgan fingerprint density at radius 2 is 1.83 bits per heavy atom. The van der Waals surface area contributed by atoms with Crippen LogP contribution in [-0.2, 0) is 4.79 Å². The van der Waals surface area contributed by atoms with Crippen LogP contribution in [-0.4, -0.2) is 46.4 Å². The minimum absolute atomic E-state index is 0.205. The predicted molar refractivity (Wildman–Crippen MR) is 110 cm³/mol. The van der Waals surface area contributed by atoms with Crippen LogP contribution in [0.1, 0.15) is 12.0 Å². The van der Waals surface area contributed by atoms with E-state index >= 15 is 0 Å². The van der Waals surface area contributed by atoms with Gasteiger partial charge in [0.05, 0.1) is 6.10 Å². The summed E-state index contributed by atoms with van der Waals surface area (Å²) >= 11 is 0. The first-order valence-corrected chi connectivity index (χ1v) is 9.53. The molecule has 2 aromatic carbocycles. The first-order valence-electron chi connectivity index (χ1n) is 9.53. The van der Waals surface area contributed by atoms with Crippen LogP contribution >= 0.6 is 0 Å². The van der Waals surface area contributed by atoms with E-state index in [1.165, 1.54) is 6.08 Å². The molecule has 2 heterocycles. The van der Waals surface area contributed by atoms with Crippen molar-refractivity contribution in [2.45, 2.75) is 18.6 Å². The highest BCUT2D eigenvalue weighted by atomic mass is 16.5. The molecule has 1 aliphatic heterocycles. The number of hydrogen-bond acceptors (Lipinski definition) is 6. The summed E-state index contributed by atoms with van der Waals surface area (Å²) < 4.78 is 5.39. The zero-order valence-electron chi connectivity index (χ0n) is 15.8. The van der Waals surface area contributed by atoms with Crippen molar-refractivity contribution in [2.24, 2.45) is 0 Å². The highest BCUT2D eigenvalue weighted by Gasteiger charge is 2.29. The number of nitrogens with zero attached hydrogens (tertiary/aromatic N) is 3. The molecule has 3 aromatic rings. The van der Waals surface area contributed by atoms with E-state index < -0.39 is 6.10 Å². The van der Waals surface area contributed by atoms with Gasteiger partial charge >= 0.3 is 6.01 Å². The van der Waals surface area contributed by atoms with Crippen molar-refractivity contribution in [1.82, 2.24) is 15.5 Å². The van der Waals surface area contributed by atoms with E-state index in [0.29, 0.717) is 31.3 Å². The first-order chi connectivity index (χ1) is 14.2. The Morgan fingerprint density at radius 3 is 2.59 bits per heavy atom. The van der Waals surface area contributed by atoms with Gasteiger partial charge in [-0.1, -0.05) is 65.8 Å². The van der Waals surface area contributed by atoms with Crippen LogP contribution in [0.3, 0.4) is 0 Å². The Bertz CT molecular complexity index is 972. The molecule has 2 atom stereocenters. The molecule has 1 amide bonds. The number of piperidine rings is 1. The summed E-state index contributed by atoms with van der Waals surface area (Å²) in [6.07, 6.45) is 3.14. The van der Waals surface area contributed by atoms with Crippen molar-refractivity contribution in [3.05, 3.63) is 72.3 Å². The smallest absolute Gasteiger partial charge is 0.324 e. The van der Waals surface area contributed by atoms with Crippen molar-refractivity contribution in [3.8, 4) is 11.4 Å². The van der Waals surface area contributed by atoms with Gasteiger partial charge in [0.1, 0.15) is 0 Å². The number of nitrogens with one attached hydrogen (secondary N) is 1. The van der Waals surface area contributed by atoms with Crippen LogP contribution in [0.4, 0.5) is 6.01 Å². The van der Waals surface area contributed by atoms with Crippen molar-refractivity contribution in [1.29, 1.82) is 0 Å². The van der Waals surface area contributed by atoms with E-state index in [2.05, 4.69) is 15.5 Å². The van der Waals surface area contributed by atoms with Gasteiger partial charge in [0.2, 0.25) is 11.7 Å². The lowest BCUT2D eigenvalue weighted by Gasteiger charge is -2.34. The third-order valence-corrected chi connectivity index (χ3v) is 4.72. The van der Waals surface area contributed by atoms with Crippen LogP contribution < -0.4 is 10.2 Å². The van der Waals surface area contributed by atoms with E-state index in [0.717, 1.165) is 11.1 Å². The number of aliphatic hydroxyl groups is 1. The molecule has 0 unspecified atom stereocenters. The molecule has 4 rings (SSSR count). The average Bonchev–Trinajstić information content (AvgIpc) is 3.24. The fourth-order valence-electron chi connectivity index (χ4n) is 3.37. The SMILES string of the molecule is O=C(C=Cc1ccccc1)N[C@H]1C[C@@H](O)CN(c2nc(-c3ccccc3)no2)C1. The van der Waals surface area contributed by atoms with Gasteiger partial charge < -0.3 is 19.8 Å². The molecule has 1 aromatic heterocycles. The normalized spacial score (nSPS) is 19.4. The molecule has 0 aliphatic carbocycles. The molecular formula is C22H22N4O3. The number of rotatable bonds is 5. The summed E-state index contributed by atoms with van der Waals surface area (Å²) in [6.45, 7) is 0.862. The van der Waals surface area contributed by atoms with Crippen molar-refractivity contribution in [2.75, 3.05) is 18.0 Å². The highest BCUT2D eigenvalue weighted by Crippen LogP contribution is 2.22. The number of benzene rings is 2. The summed E-state index contributed by atoms with van der Waals surface area (Å²) in [5.41, 5.74) is 1.81. The molecule has 0 saturated carbocycles. The third kappa shape index (κ3) is 4.89. The number of aliphatic hydroxyl groups excluding tert-OH is 1. The third-order valence-electron chi connectivity index (χ3n) is 4.72. The maximum absolute atomic E-state index is 12.3. The molecule has 0 radical (unpaired) electrons. The average molecular weight is 390 g/mol. The number of carbonyl (C=O) groups excluding carboxylic acids is 1. The summed E-state index contributed by atoms with van der Waals surface area (Å²) in [4.78, 5) is 18.5. The quantitative estimate of drug-likeness (QED) is 0.651. The number of carbonyl (C=O) groups is 1. The number of amides is 1. The number of aromatic nitrogens is 2. The lowest BCUT2D eigenvalue weighted by molar-refractivity contribution is -0.117. The molecule has 148 valence electrons. The molecule has 1 aliphatic rings. The van der Waals surface area contributed by atoms with Crippen LogP contribution in [0.2, 0.25) is 0 Å². The number of hydrogen-bond donors (Lipinski definition) is 2. The Labute approximate surface area is 168 Å². The summed E-state index contributed by atoms with van der Waals surface area (Å²) in [6, 6.07) is 19.3. The molecular weight excluding hydrogens is 368 g/mol. The van der Waals surface area contributed by atoms with E-state index in [4.69, 9.17) is 4.52 Å². The Hall–Kier alpha value is -3.45. The fraction of sp³-hybridized carbons (Fsp3) is 0.227. The van der Waals surface area contributed by atoms with Crippen LogP contribution in [0.15, 0.2) is 71.3 Å². The molecule has 0 spiro atoms. The maximum Gasteiger partial charge on any atom is 0.324 e. The molecule has 7 nitrogen and oxygen atoms in total. The van der Waals surface area contributed by atoms with Gasteiger partial charge in [-0.2, -0.15) is 4.98 Å². The maximum atomic E-state index is 12.3. The molecule has 0 bridgehead atoms. The van der Waals surface area contributed by atoms with Gasteiger partial charge in [-0.25, -0.2) is 0 Å². The lowest BCUT2D eigenvalue weighted by atomic mass is 10.0. The summed E-state index contributed by atoms with van der Waals surface area (Å²) in [7, 11) is 0. The van der Waals surface area contributed by atoms with Crippen LogP contribution in [0.5, 0.6) is 0 Å². The van der Waals surface area contributed by atoms with Gasteiger partial charge in [0.25, 0.3) is 0 Å². The molecule has 1 fully saturated rings. The second-order valence-electron chi connectivity index (χ2n) is 7.01. The van der Waals surface area contributed by atoms with Gasteiger partial charge in [0.15, 0.2) is 0 Å². The van der Waals surface area contributed by atoms with Gasteiger partial charge in [-0.15, -0.1) is 0 Å². The second-order valence-corrected chi connectivity index (χ2v) is 7.01. The Morgan fingerprint density at radius 1 is 1.10 bits per heavy atom. The van der Waals surface area contributed by atoms with Gasteiger partial charge in [-0.05, 0) is 18.1 Å². The topological polar surface area (TPSA) is 91.5 Å². The zero-order chi connectivity index (χ0) is 20.1. The largest absolute Gasteiger partial charge is 0.391 e. The molecule has 7 heteroatoms. The van der Waals surface area contributed by atoms with Gasteiger partial charge in [0, 0.05) is 30.8 Å². The number of β-amino-alcohol motifs (C(OH)–C–C–N with tert-alkyl or cyclic N) is 1. The first kappa shape index (κ1) is 18.9. The predicted octanol–water partition coefficient (Wildman–Crippen LogP) is 2.51. The minimum atomic E-state index is -0.598. The minimum Gasteiger partial charge on any atom is -0.391 e.